The van der Waals surface area contributed by atoms with Crippen molar-refractivity contribution in [3.8, 4) is 0 Å². The second kappa shape index (κ2) is 6.44. The number of amides is 1. The minimum Gasteiger partial charge on any atom is -0.465 e. The van der Waals surface area contributed by atoms with Gasteiger partial charge in [-0.05, 0) is 35.8 Å². The topological polar surface area (TPSA) is 62.4 Å². The van der Waals surface area contributed by atoms with Crippen molar-refractivity contribution in [2.45, 2.75) is 13.8 Å². The normalized spacial score (nSPS) is 10.1. The summed E-state index contributed by atoms with van der Waals surface area (Å²) in [4.78, 5) is 27.6. The van der Waals surface area contributed by atoms with Crippen LogP contribution in [0.2, 0.25) is 0 Å². The molecule has 0 saturated heterocycles. The molecule has 17 heavy (non-hydrogen) atoms. The standard InChI is InChI=1S/C11H15BrN2O3/c1-3-14(7-10(15)17-4-2)11(16)9-5-8(12)6-13-9/h5-6,13H,3-4,7H2,1-2H3. The average Bonchev–Trinajstić information content (AvgIpc) is 2.72. The van der Waals surface area contributed by atoms with E-state index in [9.17, 15) is 9.59 Å². The Morgan fingerprint density at radius 1 is 1.47 bits per heavy atom. The van der Waals surface area contributed by atoms with Gasteiger partial charge in [-0.15, -0.1) is 0 Å². The maximum Gasteiger partial charge on any atom is 0.325 e. The second-order valence-corrected chi connectivity index (χ2v) is 4.27. The van der Waals surface area contributed by atoms with Crippen molar-refractivity contribution in [1.29, 1.82) is 0 Å². The summed E-state index contributed by atoms with van der Waals surface area (Å²) in [7, 11) is 0. The molecule has 1 amide bonds. The molecule has 0 aromatic carbocycles. The molecule has 1 rings (SSSR count). The quantitative estimate of drug-likeness (QED) is 0.844. The lowest BCUT2D eigenvalue weighted by atomic mass is 10.3. The number of esters is 1. The van der Waals surface area contributed by atoms with Gasteiger partial charge in [0.15, 0.2) is 0 Å². The number of carbonyl (C=O) groups excluding carboxylic acids is 2. The highest BCUT2D eigenvalue weighted by atomic mass is 79.9. The summed E-state index contributed by atoms with van der Waals surface area (Å²) in [6.07, 6.45) is 1.67. The zero-order chi connectivity index (χ0) is 12.8. The molecule has 0 saturated carbocycles. The van der Waals surface area contributed by atoms with Crippen LogP contribution in [0.15, 0.2) is 16.7 Å². The zero-order valence-corrected chi connectivity index (χ0v) is 11.4. The molecule has 0 aliphatic heterocycles. The lowest BCUT2D eigenvalue weighted by Crippen LogP contribution is -2.36. The molecular weight excluding hydrogens is 288 g/mol. The van der Waals surface area contributed by atoms with Crippen molar-refractivity contribution < 1.29 is 14.3 Å². The zero-order valence-electron chi connectivity index (χ0n) is 9.83. The Labute approximate surface area is 108 Å². The van der Waals surface area contributed by atoms with Gasteiger partial charge in [-0.3, -0.25) is 9.59 Å². The van der Waals surface area contributed by atoms with Gasteiger partial charge < -0.3 is 14.6 Å². The van der Waals surface area contributed by atoms with E-state index in [-0.39, 0.29) is 12.5 Å². The minimum absolute atomic E-state index is 0.0280. The number of ether oxygens (including phenoxy) is 1. The van der Waals surface area contributed by atoms with Crippen molar-refractivity contribution in [2.75, 3.05) is 19.7 Å². The van der Waals surface area contributed by atoms with E-state index in [1.165, 1.54) is 4.90 Å². The highest BCUT2D eigenvalue weighted by molar-refractivity contribution is 9.10. The summed E-state index contributed by atoms with van der Waals surface area (Å²) in [5.41, 5.74) is 0.447. The number of halogens is 1. The largest absolute Gasteiger partial charge is 0.465 e. The van der Waals surface area contributed by atoms with Crippen LogP contribution in [0.25, 0.3) is 0 Å². The van der Waals surface area contributed by atoms with Crippen LogP contribution < -0.4 is 0 Å². The molecule has 1 N–H and O–H groups in total. The molecule has 94 valence electrons. The summed E-state index contributed by atoms with van der Waals surface area (Å²) in [6, 6.07) is 1.68. The van der Waals surface area contributed by atoms with Crippen molar-refractivity contribution in [3.05, 3.63) is 22.4 Å². The smallest absolute Gasteiger partial charge is 0.325 e. The first kappa shape index (κ1) is 13.8. The molecule has 0 fully saturated rings. The fourth-order valence-electron chi connectivity index (χ4n) is 1.35. The maximum absolute atomic E-state index is 12.0. The predicted octanol–water partition coefficient (Wildman–Crippen LogP) is 1.80. The number of nitrogens with zero attached hydrogens (tertiary/aromatic N) is 1. The molecule has 6 heteroatoms. The van der Waals surface area contributed by atoms with E-state index in [1.54, 1.807) is 19.2 Å². The fraction of sp³-hybridized carbons (Fsp3) is 0.455. The molecule has 1 aromatic heterocycles. The Balaban J connectivity index is 2.67. The van der Waals surface area contributed by atoms with Gasteiger partial charge in [0.2, 0.25) is 0 Å². The number of hydrogen-bond acceptors (Lipinski definition) is 3. The summed E-state index contributed by atoms with van der Waals surface area (Å²) in [5, 5.41) is 0. The summed E-state index contributed by atoms with van der Waals surface area (Å²) < 4.78 is 5.61. The SMILES string of the molecule is CCOC(=O)CN(CC)C(=O)c1cc(Br)c[nH]1. The average molecular weight is 303 g/mol. The highest BCUT2D eigenvalue weighted by Crippen LogP contribution is 2.12. The molecule has 0 bridgehead atoms. The highest BCUT2D eigenvalue weighted by Gasteiger charge is 2.18. The van der Waals surface area contributed by atoms with E-state index >= 15 is 0 Å². The van der Waals surface area contributed by atoms with Crippen LogP contribution in [0.1, 0.15) is 24.3 Å². The van der Waals surface area contributed by atoms with Crippen LogP contribution in [-0.4, -0.2) is 41.5 Å². The molecule has 0 atom stereocenters. The predicted molar refractivity (Wildman–Crippen MR) is 66.7 cm³/mol. The van der Waals surface area contributed by atoms with Crippen molar-refractivity contribution >= 4 is 27.8 Å². The van der Waals surface area contributed by atoms with Crippen molar-refractivity contribution in [1.82, 2.24) is 9.88 Å². The third-order valence-electron chi connectivity index (χ3n) is 2.17. The molecule has 0 aliphatic carbocycles. The Morgan fingerprint density at radius 2 is 2.18 bits per heavy atom. The number of rotatable bonds is 5. The number of carbonyl (C=O) groups is 2. The fourth-order valence-corrected chi connectivity index (χ4v) is 1.69. The first-order valence-corrected chi connectivity index (χ1v) is 6.16. The Morgan fingerprint density at radius 3 is 2.65 bits per heavy atom. The number of aromatic amines is 1. The van der Waals surface area contributed by atoms with Gasteiger partial charge in [-0.2, -0.15) is 0 Å². The van der Waals surface area contributed by atoms with Gasteiger partial charge >= 0.3 is 5.97 Å². The summed E-state index contributed by atoms with van der Waals surface area (Å²) >= 11 is 3.25. The van der Waals surface area contributed by atoms with E-state index < -0.39 is 5.97 Å². The number of H-pyrrole nitrogens is 1. The number of likely N-dealkylation sites (N-methyl/N-ethyl adjacent to an activating group) is 1. The Bertz CT molecular complexity index is 403. The third-order valence-corrected chi connectivity index (χ3v) is 2.63. The number of aromatic nitrogens is 1. The van der Waals surface area contributed by atoms with E-state index in [0.29, 0.717) is 18.8 Å². The maximum atomic E-state index is 12.0. The molecular formula is C11H15BrN2O3. The lowest BCUT2D eigenvalue weighted by Gasteiger charge is -2.18. The van der Waals surface area contributed by atoms with Gasteiger partial charge in [-0.25, -0.2) is 0 Å². The Kier molecular flexibility index (Phi) is 5.21. The number of nitrogens with one attached hydrogen (secondary N) is 1. The molecule has 0 spiro atoms. The van der Waals surface area contributed by atoms with Crippen molar-refractivity contribution in [2.24, 2.45) is 0 Å². The van der Waals surface area contributed by atoms with Gasteiger partial charge in [-0.1, -0.05) is 0 Å². The molecule has 5 nitrogen and oxygen atoms in total. The van der Waals surface area contributed by atoms with Crippen LogP contribution in [0, 0.1) is 0 Å². The number of hydrogen-bond donors (Lipinski definition) is 1. The van der Waals surface area contributed by atoms with Crippen LogP contribution >= 0.6 is 15.9 Å². The molecule has 1 heterocycles. The van der Waals surface area contributed by atoms with Gasteiger partial charge in [0.05, 0.1) is 6.61 Å². The second-order valence-electron chi connectivity index (χ2n) is 3.36. The third kappa shape index (κ3) is 3.89. The van der Waals surface area contributed by atoms with Crippen LogP contribution in [0.4, 0.5) is 0 Å². The van der Waals surface area contributed by atoms with E-state index in [2.05, 4.69) is 20.9 Å². The molecule has 0 aliphatic rings. The Hall–Kier alpha value is -1.30. The van der Waals surface area contributed by atoms with Gasteiger partial charge in [0.1, 0.15) is 12.2 Å². The first-order chi connectivity index (χ1) is 8.08. The van der Waals surface area contributed by atoms with Crippen LogP contribution in [0.3, 0.4) is 0 Å². The monoisotopic (exact) mass is 302 g/mol. The molecule has 0 unspecified atom stereocenters. The lowest BCUT2D eigenvalue weighted by molar-refractivity contribution is -0.143. The summed E-state index contributed by atoms with van der Waals surface area (Å²) in [5.74, 6) is -0.612. The van der Waals surface area contributed by atoms with Gasteiger partial charge in [0, 0.05) is 17.2 Å². The van der Waals surface area contributed by atoms with Crippen LogP contribution in [-0.2, 0) is 9.53 Å². The first-order valence-electron chi connectivity index (χ1n) is 5.37. The summed E-state index contributed by atoms with van der Waals surface area (Å²) in [6.45, 7) is 4.29. The molecule has 1 aromatic rings. The van der Waals surface area contributed by atoms with E-state index in [0.717, 1.165) is 4.47 Å². The minimum atomic E-state index is -0.395. The van der Waals surface area contributed by atoms with Gasteiger partial charge in [0.25, 0.3) is 5.91 Å². The van der Waals surface area contributed by atoms with Crippen molar-refractivity contribution in [3.63, 3.8) is 0 Å². The van der Waals surface area contributed by atoms with E-state index in [1.807, 2.05) is 6.92 Å². The molecule has 0 radical (unpaired) electrons. The van der Waals surface area contributed by atoms with E-state index in [4.69, 9.17) is 4.74 Å². The van der Waals surface area contributed by atoms with Crippen LogP contribution in [0.5, 0.6) is 0 Å².